The van der Waals surface area contributed by atoms with Gasteiger partial charge in [-0.15, -0.1) is 10.2 Å². The number of aryl methyl sites for hydroxylation is 1. The van der Waals surface area contributed by atoms with Crippen molar-refractivity contribution >= 4 is 36.2 Å². The second-order valence-electron chi connectivity index (χ2n) is 8.43. The van der Waals surface area contributed by atoms with E-state index >= 15 is 0 Å². The van der Waals surface area contributed by atoms with E-state index in [0.717, 1.165) is 16.8 Å². The van der Waals surface area contributed by atoms with Crippen LogP contribution >= 0.6 is 11.6 Å². The molecule has 4 N–H and O–H groups in total. The van der Waals surface area contributed by atoms with Gasteiger partial charge in [-0.25, -0.2) is 0 Å². The highest BCUT2D eigenvalue weighted by Gasteiger charge is 2.29. The third-order valence-corrected chi connectivity index (χ3v) is 6.03. The van der Waals surface area contributed by atoms with E-state index in [1.165, 1.54) is 0 Å². The number of hydrogen-bond donors (Lipinski definition) is 4. The van der Waals surface area contributed by atoms with E-state index in [9.17, 15) is 9.59 Å². The molecule has 13 heteroatoms. The number of rotatable bonds is 9. The number of aliphatic imine (C=N–C) groups is 1. The van der Waals surface area contributed by atoms with Crippen molar-refractivity contribution in [1.29, 1.82) is 0 Å². The second-order valence-corrected chi connectivity index (χ2v) is 8.86. The number of aromatic nitrogens is 3. The van der Waals surface area contributed by atoms with E-state index in [4.69, 9.17) is 31.4 Å². The fraction of sp³-hybridized carbons (Fsp3) is 0.292. The zero-order chi connectivity index (χ0) is 26.5. The molecule has 2 amide bonds. The molecular formula is C24H26BClN6O5. The van der Waals surface area contributed by atoms with Gasteiger partial charge in [0.2, 0.25) is 11.8 Å². The van der Waals surface area contributed by atoms with Gasteiger partial charge < -0.3 is 25.4 Å². The molecule has 1 atom stereocenters. The maximum absolute atomic E-state index is 12.8. The molecule has 192 valence electrons. The molecule has 2 heterocycles. The van der Waals surface area contributed by atoms with E-state index in [0.29, 0.717) is 28.1 Å². The fourth-order valence-corrected chi connectivity index (χ4v) is 4.11. The first kappa shape index (κ1) is 26.3. The first-order chi connectivity index (χ1) is 17.8. The van der Waals surface area contributed by atoms with Crippen molar-refractivity contribution in [1.82, 2.24) is 25.4 Å². The van der Waals surface area contributed by atoms with Crippen LogP contribution < -0.4 is 15.4 Å². The Morgan fingerprint density at radius 3 is 2.59 bits per heavy atom. The smallest absolute Gasteiger partial charge is 0.451 e. The maximum Gasteiger partial charge on any atom is 0.451 e. The van der Waals surface area contributed by atoms with Gasteiger partial charge in [-0.2, -0.15) is 0 Å². The van der Waals surface area contributed by atoms with Crippen LogP contribution in [0.2, 0.25) is 11.3 Å². The van der Waals surface area contributed by atoms with Gasteiger partial charge in [0.05, 0.1) is 25.1 Å². The van der Waals surface area contributed by atoms with Crippen molar-refractivity contribution in [2.45, 2.75) is 32.3 Å². The number of nitrogens with one attached hydrogen (secondary N) is 2. The summed E-state index contributed by atoms with van der Waals surface area (Å²) in [7, 11) is 0.111. The van der Waals surface area contributed by atoms with Crippen molar-refractivity contribution in [3.8, 4) is 11.4 Å². The quantitative estimate of drug-likeness (QED) is 0.310. The summed E-state index contributed by atoms with van der Waals surface area (Å²) in [5.41, 5.74) is 2.88. The van der Waals surface area contributed by atoms with E-state index < -0.39 is 19.2 Å². The van der Waals surface area contributed by atoms with Crippen LogP contribution in [-0.2, 0) is 9.59 Å². The third kappa shape index (κ3) is 6.16. The van der Waals surface area contributed by atoms with Crippen LogP contribution in [0.4, 0.5) is 0 Å². The normalized spacial score (nSPS) is 14.1. The van der Waals surface area contributed by atoms with Gasteiger partial charge in [-0.3, -0.25) is 19.1 Å². The van der Waals surface area contributed by atoms with E-state index in [-0.39, 0.29) is 31.6 Å². The standard InChI is InChI=1S/C24H26BClN6O5/c1-14-30-31-24-23(28-21(34)13-27-20(33)4-3-11-25(35)36)29-22(15-5-7-16(26)8-6-15)18-12-17(37-2)9-10-19(18)32(14)24/h5-10,12,23,35-36H,3-4,11,13H2,1-2H3,(H,27,33)(H,28,34)/t23-/m1/s1. The number of amides is 2. The lowest BCUT2D eigenvalue weighted by molar-refractivity contribution is -0.126. The van der Waals surface area contributed by atoms with Gasteiger partial charge in [-0.1, -0.05) is 23.7 Å². The van der Waals surface area contributed by atoms with Crippen LogP contribution in [0.3, 0.4) is 0 Å². The molecule has 37 heavy (non-hydrogen) atoms. The van der Waals surface area contributed by atoms with E-state index in [2.05, 4.69) is 20.8 Å². The Labute approximate surface area is 218 Å². The molecule has 3 aromatic rings. The summed E-state index contributed by atoms with van der Waals surface area (Å²) < 4.78 is 7.28. The summed E-state index contributed by atoms with van der Waals surface area (Å²) >= 11 is 6.11. The Balaban J connectivity index is 1.66. The Bertz CT molecular complexity index is 1330. The number of carbonyl (C=O) groups is 2. The van der Waals surface area contributed by atoms with Crippen molar-refractivity contribution in [2.75, 3.05) is 13.7 Å². The van der Waals surface area contributed by atoms with Crippen LogP contribution in [0.25, 0.3) is 5.69 Å². The molecule has 4 rings (SSSR count). The molecule has 11 nitrogen and oxygen atoms in total. The minimum atomic E-state index is -1.47. The van der Waals surface area contributed by atoms with Crippen LogP contribution in [0, 0.1) is 6.92 Å². The number of halogens is 1. The van der Waals surface area contributed by atoms with Gasteiger partial charge in [0.1, 0.15) is 11.6 Å². The monoisotopic (exact) mass is 524 g/mol. The molecule has 0 spiro atoms. The minimum absolute atomic E-state index is 0.0673. The summed E-state index contributed by atoms with van der Waals surface area (Å²) in [5, 5.41) is 32.2. The molecule has 1 aliphatic heterocycles. The molecular weight excluding hydrogens is 499 g/mol. The number of hydrogen-bond acceptors (Lipinski definition) is 8. The summed E-state index contributed by atoms with van der Waals surface area (Å²) in [4.78, 5) is 29.7. The number of nitrogens with zero attached hydrogens (tertiary/aromatic N) is 4. The zero-order valence-corrected chi connectivity index (χ0v) is 21.1. The number of ether oxygens (including phenoxy) is 1. The molecule has 0 radical (unpaired) electrons. The third-order valence-electron chi connectivity index (χ3n) is 5.78. The van der Waals surface area contributed by atoms with Crippen molar-refractivity contribution in [3.63, 3.8) is 0 Å². The maximum atomic E-state index is 12.8. The lowest BCUT2D eigenvalue weighted by Gasteiger charge is -2.15. The summed E-state index contributed by atoms with van der Waals surface area (Å²) in [6.45, 7) is 1.52. The number of benzene rings is 2. The average molecular weight is 525 g/mol. The van der Waals surface area contributed by atoms with Gasteiger partial charge in [0.15, 0.2) is 12.0 Å². The summed E-state index contributed by atoms with van der Waals surface area (Å²) in [6, 6.07) is 12.8. The lowest BCUT2D eigenvalue weighted by atomic mass is 9.84. The molecule has 0 saturated carbocycles. The number of carbonyl (C=O) groups excluding carboxylic acids is 2. The Morgan fingerprint density at radius 2 is 1.89 bits per heavy atom. The molecule has 1 aliphatic rings. The highest BCUT2D eigenvalue weighted by molar-refractivity contribution is 6.40. The van der Waals surface area contributed by atoms with E-state index in [1.807, 2.05) is 34.9 Å². The molecule has 0 saturated heterocycles. The number of fused-ring (bicyclic) bond motifs is 3. The van der Waals surface area contributed by atoms with Crippen LogP contribution in [-0.4, -0.2) is 63.1 Å². The SMILES string of the molecule is COc1ccc2c(c1)C(c1ccc(Cl)cc1)=N[C@@H](NC(=O)CNC(=O)CCCB(O)O)c1nnc(C)n1-2. The molecule has 2 aromatic carbocycles. The van der Waals surface area contributed by atoms with Gasteiger partial charge >= 0.3 is 7.12 Å². The predicted octanol–water partition coefficient (Wildman–Crippen LogP) is 1.57. The minimum Gasteiger partial charge on any atom is -0.497 e. The zero-order valence-electron chi connectivity index (χ0n) is 20.3. The topological polar surface area (TPSA) is 151 Å². The van der Waals surface area contributed by atoms with Gasteiger partial charge in [0.25, 0.3) is 0 Å². The number of methoxy groups -OCH3 is 1. The van der Waals surface area contributed by atoms with Crippen LogP contribution in [0.1, 0.15) is 41.8 Å². The summed E-state index contributed by atoms with van der Waals surface area (Å²) in [5.74, 6) is 0.791. The first-order valence-electron chi connectivity index (χ1n) is 11.6. The molecule has 0 unspecified atom stereocenters. The molecule has 0 aliphatic carbocycles. The molecule has 0 bridgehead atoms. The van der Waals surface area contributed by atoms with E-state index in [1.54, 1.807) is 26.2 Å². The lowest BCUT2D eigenvalue weighted by Crippen LogP contribution is -2.39. The van der Waals surface area contributed by atoms with Crippen molar-refractivity contribution in [3.05, 3.63) is 70.3 Å². The Morgan fingerprint density at radius 1 is 1.14 bits per heavy atom. The first-order valence-corrected chi connectivity index (χ1v) is 12.0. The van der Waals surface area contributed by atoms with Gasteiger partial charge in [0, 0.05) is 22.6 Å². The Kier molecular flexibility index (Phi) is 8.22. The predicted molar refractivity (Wildman–Crippen MR) is 138 cm³/mol. The van der Waals surface area contributed by atoms with Crippen LogP contribution in [0.15, 0.2) is 47.5 Å². The molecule has 0 fully saturated rings. The molecule has 1 aromatic heterocycles. The highest BCUT2D eigenvalue weighted by Crippen LogP contribution is 2.32. The van der Waals surface area contributed by atoms with Gasteiger partial charge in [-0.05, 0) is 50.0 Å². The van der Waals surface area contributed by atoms with Crippen molar-refractivity contribution in [2.24, 2.45) is 4.99 Å². The second kappa shape index (κ2) is 11.5. The largest absolute Gasteiger partial charge is 0.497 e. The summed E-state index contributed by atoms with van der Waals surface area (Å²) in [6.07, 6.45) is -0.478. The fourth-order valence-electron chi connectivity index (χ4n) is 3.99. The highest BCUT2D eigenvalue weighted by atomic mass is 35.5. The van der Waals surface area contributed by atoms with Crippen molar-refractivity contribution < 1.29 is 24.4 Å². The Hall–Kier alpha value is -3.74. The van der Waals surface area contributed by atoms with Crippen LogP contribution in [0.5, 0.6) is 5.75 Å². The average Bonchev–Trinajstić information content (AvgIpc) is 3.20.